The Morgan fingerprint density at radius 2 is 1.51 bits per heavy atom. The first-order valence-electron chi connectivity index (χ1n) is 13.6. The van der Waals surface area contributed by atoms with Crippen LogP contribution in [0.2, 0.25) is 0 Å². The number of phenolic OH excluding ortho intramolecular Hbond substituents is 1. The Labute approximate surface area is 242 Å². The summed E-state index contributed by atoms with van der Waals surface area (Å²) in [4.78, 5) is 26.2. The predicted octanol–water partition coefficient (Wildman–Crippen LogP) is 6.74. The van der Waals surface area contributed by atoms with E-state index in [2.05, 4.69) is 6.08 Å². The number of rotatable bonds is 11. The molecule has 1 aliphatic heterocycles. The van der Waals surface area contributed by atoms with E-state index in [4.69, 9.17) is 14.2 Å². The highest BCUT2D eigenvalue weighted by Crippen LogP contribution is 2.44. The quantitative estimate of drug-likeness (QED) is 0.232. The van der Waals surface area contributed by atoms with Crippen molar-refractivity contribution in [2.45, 2.75) is 66.4 Å². The Morgan fingerprint density at radius 3 is 2.12 bits per heavy atom. The normalized spacial score (nSPS) is 16.1. The zero-order chi connectivity index (χ0) is 30.3. The number of ether oxygens (including phenoxy) is 3. The van der Waals surface area contributed by atoms with Gasteiger partial charge in [0.2, 0.25) is 11.4 Å². The summed E-state index contributed by atoms with van der Waals surface area (Å²) in [7, 11) is 1.21. The van der Waals surface area contributed by atoms with Crippen LogP contribution in [0.4, 0.5) is 0 Å². The number of aliphatic hydroxyl groups is 1. The van der Waals surface area contributed by atoms with Crippen LogP contribution >= 0.6 is 0 Å². The molecule has 0 aromatic heterocycles. The molecule has 0 amide bonds. The Bertz CT molecular complexity index is 1430. The number of carbonyl (C=O) groups is 2. The Hall–Kier alpha value is -4.26. The van der Waals surface area contributed by atoms with E-state index >= 15 is 0 Å². The summed E-state index contributed by atoms with van der Waals surface area (Å²) in [6.07, 6.45) is 6.98. The fourth-order valence-corrected chi connectivity index (χ4v) is 4.59. The SMILES string of the molecule is COC(=O)[C@]1(Cc2ccc(OCC=C(C)C)c(CC=C(C)C)c2)OC(=O)C(O)=C1c1ccc(O)c(CC=C(C)C)c1. The third-order valence-corrected chi connectivity index (χ3v) is 6.75. The summed E-state index contributed by atoms with van der Waals surface area (Å²) >= 11 is 0. The van der Waals surface area contributed by atoms with Gasteiger partial charge in [0.05, 0.1) is 12.7 Å². The van der Waals surface area contributed by atoms with Gasteiger partial charge in [0.1, 0.15) is 18.1 Å². The number of allylic oxidation sites excluding steroid dienone is 5. The lowest BCUT2D eigenvalue weighted by molar-refractivity contribution is -0.169. The van der Waals surface area contributed by atoms with Crippen molar-refractivity contribution in [2.75, 3.05) is 13.7 Å². The molecule has 0 aliphatic carbocycles. The highest BCUT2D eigenvalue weighted by molar-refractivity contribution is 6.11. The number of aliphatic hydroxyl groups excluding tert-OH is 1. The van der Waals surface area contributed by atoms with Crippen molar-refractivity contribution in [1.82, 2.24) is 0 Å². The second kappa shape index (κ2) is 13.4. The first-order valence-corrected chi connectivity index (χ1v) is 13.6. The molecule has 0 radical (unpaired) electrons. The average molecular weight is 561 g/mol. The summed E-state index contributed by atoms with van der Waals surface area (Å²) in [6.45, 7) is 12.4. The monoisotopic (exact) mass is 560 g/mol. The lowest BCUT2D eigenvalue weighted by Crippen LogP contribution is -2.44. The number of aromatic hydroxyl groups is 1. The van der Waals surface area contributed by atoms with Crippen molar-refractivity contribution < 1.29 is 34.0 Å². The average Bonchev–Trinajstić information content (AvgIpc) is 3.16. The molecule has 0 bridgehead atoms. The van der Waals surface area contributed by atoms with Crippen LogP contribution in [0.1, 0.15) is 63.8 Å². The van der Waals surface area contributed by atoms with Gasteiger partial charge in [-0.05, 0) is 101 Å². The second-order valence-electron chi connectivity index (χ2n) is 11.0. The molecule has 7 nitrogen and oxygen atoms in total. The molecular formula is C34H40O7. The molecule has 0 saturated heterocycles. The molecule has 1 aliphatic rings. The summed E-state index contributed by atoms with van der Waals surface area (Å²) in [5, 5.41) is 21.4. The van der Waals surface area contributed by atoms with Crippen LogP contribution in [-0.4, -0.2) is 41.5 Å². The highest BCUT2D eigenvalue weighted by atomic mass is 16.6. The minimum absolute atomic E-state index is 0.00235. The molecule has 1 heterocycles. The van der Waals surface area contributed by atoms with Crippen LogP contribution in [0, 0.1) is 0 Å². The van der Waals surface area contributed by atoms with Crippen LogP contribution in [0.3, 0.4) is 0 Å². The maximum atomic E-state index is 13.4. The molecule has 41 heavy (non-hydrogen) atoms. The van der Waals surface area contributed by atoms with E-state index in [1.165, 1.54) is 13.2 Å². The van der Waals surface area contributed by atoms with E-state index in [0.717, 1.165) is 22.3 Å². The number of methoxy groups -OCH3 is 1. The van der Waals surface area contributed by atoms with Crippen molar-refractivity contribution in [3.63, 3.8) is 0 Å². The molecule has 0 fully saturated rings. The Balaban J connectivity index is 2.12. The number of benzene rings is 2. The van der Waals surface area contributed by atoms with E-state index < -0.39 is 23.3 Å². The first-order chi connectivity index (χ1) is 19.4. The van der Waals surface area contributed by atoms with Crippen LogP contribution in [0.15, 0.2) is 77.1 Å². The van der Waals surface area contributed by atoms with E-state index in [9.17, 15) is 19.8 Å². The zero-order valence-electron chi connectivity index (χ0n) is 25.0. The topological polar surface area (TPSA) is 102 Å². The van der Waals surface area contributed by atoms with Crippen molar-refractivity contribution in [2.24, 2.45) is 0 Å². The van der Waals surface area contributed by atoms with E-state index in [1.807, 2.05) is 71.9 Å². The van der Waals surface area contributed by atoms with Gasteiger partial charge in [-0.3, -0.25) is 0 Å². The smallest absolute Gasteiger partial charge is 0.375 e. The van der Waals surface area contributed by atoms with Gasteiger partial charge in [0.25, 0.3) is 0 Å². The van der Waals surface area contributed by atoms with Crippen LogP contribution in [-0.2, 0) is 38.3 Å². The van der Waals surface area contributed by atoms with Gasteiger partial charge in [-0.25, -0.2) is 9.59 Å². The molecule has 0 saturated carbocycles. The van der Waals surface area contributed by atoms with Gasteiger partial charge in [-0.1, -0.05) is 47.1 Å². The van der Waals surface area contributed by atoms with Gasteiger partial charge in [0.15, 0.2) is 0 Å². The van der Waals surface area contributed by atoms with Crippen molar-refractivity contribution in [1.29, 1.82) is 0 Å². The number of carbonyl (C=O) groups excluding carboxylic acids is 2. The Kier molecular flexibility index (Phi) is 10.2. The fraction of sp³-hybridized carbons (Fsp3) is 0.353. The van der Waals surface area contributed by atoms with Crippen LogP contribution < -0.4 is 4.74 Å². The largest absolute Gasteiger partial charge is 0.508 e. The molecular weight excluding hydrogens is 520 g/mol. The van der Waals surface area contributed by atoms with Gasteiger partial charge >= 0.3 is 11.9 Å². The number of cyclic esters (lactones) is 1. The van der Waals surface area contributed by atoms with Gasteiger partial charge in [-0.15, -0.1) is 0 Å². The molecule has 218 valence electrons. The number of hydrogen-bond acceptors (Lipinski definition) is 7. The molecule has 3 rings (SSSR count). The van der Waals surface area contributed by atoms with Crippen molar-refractivity contribution >= 4 is 17.5 Å². The highest BCUT2D eigenvalue weighted by Gasteiger charge is 2.55. The fourth-order valence-electron chi connectivity index (χ4n) is 4.59. The zero-order valence-corrected chi connectivity index (χ0v) is 25.0. The third kappa shape index (κ3) is 7.48. The molecule has 0 unspecified atom stereocenters. The molecule has 1 atom stereocenters. The summed E-state index contributed by atoms with van der Waals surface area (Å²) in [5.74, 6) is -1.73. The summed E-state index contributed by atoms with van der Waals surface area (Å²) < 4.78 is 16.8. The maximum absolute atomic E-state index is 13.4. The standard InChI is InChI=1S/C34H40O7/c1-21(2)8-11-25-19-27(13-14-28(25)35)30-31(36)32(37)41-34(30,33(38)39-7)20-24-10-15-29(40-17-16-23(5)6)26(18-24)12-9-22(3)4/h8-10,13-16,18-19,35-36H,11-12,17,20H2,1-7H3/t34-/m1/s1. The van der Waals surface area contributed by atoms with Gasteiger partial charge in [0, 0.05) is 6.42 Å². The third-order valence-electron chi connectivity index (χ3n) is 6.75. The van der Waals surface area contributed by atoms with Gasteiger partial charge < -0.3 is 24.4 Å². The van der Waals surface area contributed by atoms with Crippen molar-refractivity contribution in [3.8, 4) is 11.5 Å². The maximum Gasteiger partial charge on any atom is 0.375 e. The summed E-state index contributed by atoms with van der Waals surface area (Å²) in [5.41, 5.74) is 3.97. The van der Waals surface area contributed by atoms with Crippen LogP contribution in [0.5, 0.6) is 11.5 Å². The second-order valence-corrected chi connectivity index (χ2v) is 11.0. The Morgan fingerprint density at radius 1 is 0.878 bits per heavy atom. The molecule has 2 aromatic carbocycles. The van der Waals surface area contributed by atoms with Crippen molar-refractivity contribution in [3.05, 3.63) is 99.4 Å². The lowest BCUT2D eigenvalue weighted by Gasteiger charge is -2.28. The first kappa shape index (κ1) is 31.3. The van der Waals surface area contributed by atoms with E-state index in [0.29, 0.717) is 41.9 Å². The molecule has 7 heteroatoms. The number of phenols is 1. The van der Waals surface area contributed by atoms with E-state index in [-0.39, 0.29) is 17.7 Å². The predicted molar refractivity (Wildman–Crippen MR) is 160 cm³/mol. The lowest BCUT2D eigenvalue weighted by atomic mass is 9.82. The van der Waals surface area contributed by atoms with Gasteiger partial charge in [-0.2, -0.15) is 0 Å². The molecule has 2 aromatic rings. The van der Waals surface area contributed by atoms with E-state index in [1.54, 1.807) is 12.1 Å². The molecule has 2 N–H and O–H groups in total. The minimum Gasteiger partial charge on any atom is -0.508 e. The molecule has 0 spiro atoms. The summed E-state index contributed by atoms with van der Waals surface area (Å²) in [6, 6.07) is 10.2. The number of hydrogen-bond donors (Lipinski definition) is 2. The minimum atomic E-state index is -1.93. The number of esters is 2. The van der Waals surface area contributed by atoms with Crippen LogP contribution in [0.25, 0.3) is 5.57 Å².